The standard InChI is InChI=1S/C22H25ClN4O4S/c1-5-21(28)26-12-14(2)27(32(4,30)31)19(13-26)17-10-18(25-20(23)11-17)15-7-6-8-16(9-15)22(29)24-3/h5-11,14,19H,1,12-13H2,2-4H3,(H,24,29)/t14-,19-/m0/s1. The van der Waals surface area contributed by atoms with Crippen LogP contribution < -0.4 is 5.32 Å². The lowest BCUT2D eigenvalue weighted by Crippen LogP contribution is -2.56. The third kappa shape index (κ3) is 5.01. The first-order chi connectivity index (χ1) is 15.0. The van der Waals surface area contributed by atoms with Crippen LogP contribution in [0.15, 0.2) is 49.1 Å². The van der Waals surface area contributed by atoms with Crippen LogP contribution in [0, 0.1) is 0 Å². The molecule has 10 heteroatoms. The van der Waals surface area contributed by atoms with Crippen molar-refractivity contribution >= 4 is 33.4 Å². The van der Waals surface area contributed by atoms with E-state index >= 15 is 0 Å². The summed E-state index contributed by atoms with van der Waals surface area (Å²) >= 11 is 6.32. The summed E-state index contributed by atoms with van der Waals surface area (Å²) in [6.45, 7) is 5.71. The minimum absolute atomic E-state index is 0.153. The molecule has 0 spiro atoms. The molecular weight excluding hydrogens is 452 g/mol. The average molecular weight is 477 g/mol. The number of hydrogen-bond donors (Lipinski definition) is 1. The number of nitrogens with zero attached hydrogens (tertiary/aromatic N) is 3. The lowest BCUT2D eigenvalue weighted by atomic mass is 9.99. The molecule has 0 aliphatic carbocycles. The molecule has 0 bridgehead atoms. The number of carbonyl (C=O) groups excluding carboxylic acids is 2. The van der Waals surface area contributed by atoms with E-state index in [1.54, 1.807) is 55.3 Å². The van der Waals surface area contributed by atoms with E-state index < -0.39 is 22.1 Å². The highest BCUT2D eigenvalue weighted by molar-refractivity contribution is 7.88. The SMILES string of the molecule is C=CC(=O)N1C[C@H](C)N(S(C)(=O)=O)[C@H](c2cc(Cl)nc(-c3cccc(C(=O)NC)c3)c2)C1. The van der Waals surface area contributed by atoms with Gasteiger partial charge in [-0.15, -0.1) is 0 Å². The molecule has 0 saturated carbocycles. The van der Waals surface area contributed by atoms with E-state index in [9.17, 15) is 18.0 Å². The first-order valence-corrected chi connectivity index (χ1v) is 12.2. The highest BCUT2D eigenvalue weighted by atomic mass is 35.5. The summed E-state index contributed by atoms with van der Waals surface area (Å²) < 4.78 is 26.7. The second kappa shape index (κ2) is 9.40. The Labute approximate surface area is 192 Å². The molecule has 3 rings (SSSR count). The monoisotopic (exact) mass is 476 g/mol. The molecule has 1 aromatic carbocycles. The summed E-state index contributed by atoms with van der Waals surface area (Å²) in [7, 11) is -2.04. The minimum atomic E-state index is -3.59. The molecule has 2 atom stereocenters. The molecule has 1 aliphatic heterocycles. The van der Waals surface area contributed by atoms with Crippen LogP contribution in [0.3, 0.4) is 0 Å². The van der Waals surface area contributed by atoms with E-state index in [4.69, 9.17) is 11.6 Å². The number of hydrogen-bond acceptors (Lipinski definition) is 5. The van der Waals surface area contributed by atoms with Crippen LogP contribution in [0.1, 0.15) is 28.9 Å². The zero-order valence-electron chi connectivity index (χ0n) is 18.1. The molecular formula is C22H25ClN4O4S. The van der Waals surface area contributed by atoms with Gasteiger partial charge in [-0.3, -0.25) is 9.59 Å². The number of carbonyl (C=O) groups is 2. The van der Waals surface area contributed by atoms with Crippen molar-refractivity contribution in [1.29, 1.82) is 0 Å². The predicted octanol–water partition coefficient (Wildman–Crippen LogP) is 2.48. The quantitative estimate of drug-likeness (QED) is 0.528. The molecule has 8 nitrogen and oxygen atoms in total. The number of halogens is 1. The lowest BCUT2D eigenvalue weighted by molar-refractivity contribution is -0.129. The average Bonchev–Trinajstić information content (AvgIpc) is 2.76. The summed E-state index contributed by atoms with van der Waals surface area (Å²) in [6.07, 6.45) is 2.37. The Kier molecular flexibility index (Phi) is 7.02. The number of benzene rings is 1. The van der Waals surface area contributed by atoms with Crippen molar-refractivity contribution in [3.05, 3.63) is 65.3 Å². The highest BCUT2D eigenvalue weighted by Gasteiger charge is 2.40. The number of pyridine rings is 1. The second-order valence-corrected chi connectivity index (χ2v) is 9.95. The summed E-state index contributed by atoms with van der Waals surface area (Å²) in [5, 5.41) is 2.76. The van der Waals surface area contributed by atoms with Crippen LogP contribution in [-0.4, -0.2) is 66.9 Å². The van der Waals surface area contributed by atoms with Gasteiger partial charge in [0.1, 0.15) is 5.15 Å². The van der Waals surface area contributed by atoms with Crippen molar-refractivity contribution in [2.24, 2.45) is 0 Å². The van der Waals surface area contributed by atoms with E-state index in [1.165, 1.54) is 10.4 Å². The number of nitrogens with one attached hydrogen (secondary N) is 1. The van der Waals surface area contributed by atoms with Crippen LogP contribution in [0.5, 0.6) is 0 Å². The van der Waals surface area contributed by atoms with Gasteiger partial charge in [-0.25, -0.2) is 13.4 Å². The van der Waals surface area contributed by atoms with Gasteiger partial charge in [0, 0.05) is 37.3 Å². The maximum atomic E-state index is 12.6. The molecule has 1 aliphatic rings. The molecule has 1 N–H and O–H groups in total. The van der Waals surface area contributed by atoms with Gasteiger partial charge in [-0.2, -0.15) is 4.31 Å². The van der Waals surface area contributed by atoms with E-state index in [0.29, 0.717) is 22.4 Å². The number of amides is 2. The van der Waals surface area contributed by atoms with Crippen molar-refractivity contribution in [2.45, 2.75) is 19.0 Å². The first-order valence-electron chi connectivity index (χ1n) is 9.95. The Bertz CT molecular complexity index is 1170. The second-order valence-electron chi connectivity index (χ2n) is 7.67. The fraction of sp³-hybridized carbons (Fsp3) is 0.318. The molecule has 0 radical (unpaired) electrons. The predicted molar refractivity (Wildman–Crippen MR) is 124 cm³/mol. The van der Waals surface area contributed by atoms with Crippen molar-refractivity contribution in [3.63, 3.8) is 0 Å². The molecule has 1 fully saturated rings. The van der Waals surface area contributed by atoms with Gasteiger partial charge in [-0.05, 0) is 42.8 Å². The van der Waals surface area contributed by atoms with E-state index in [1.807, 2.05) is 0 Å². The number of piperazine rings is 1. The molecule has 2 amide bonds. The summed E-state index contributed by atoms with van der Waals surface area (Å²) in [6, 6.07) is 9.14. The van der Waals surface area contributed by atoms with Crippen molar-refractivity contribution in [2.75, 3.05) is 26.4 Å². The molecule has 1 aromatic heterocycles. The van der Waals surface area contributed by atoms with E-state index in [-0.39, 0.29) is 30.1 Å². The van der Waals surface area contributed by atoms with E-state index in [2.05, 4.69) is 16.9 Å². The number of sulfonamides is 1. The van der Waals surface area contributed by atoms with Crippen molar-refractivity contribution in [3.8, 4) is 11.3 Å². The third-order valence-corrected chi connectivity index (χ3v) is 6.91. The normalized spacial score (nSPS) is 19.4. The number of aromatic nitrogens is 1. The first kappa shape index (κ1) is 23.9. The van der Waals surface area contributed by atoms with Crippen LogP contribution in [0.4, 0.5) is 0 Å². The van der Waals surface area contributed by atoms with Crippen LogP contribution in [0.25, 0.3) is 11.3 Å². The van der Waals surface area contributed by atoms with Crippen LogP contribution in [-0.2, 0) is 14.8 Å². The molecule has 170 valence electrons. The minimum Gasteiger partial charge on any atom is -0.355 e. The molecule has 0 unspecified atom stereocenters. The van der Waals surface area contributed by atoms with Gasteiger partial charge >= 0.3 is 0 Å². The van der Waals surface area contributed by atoms with Gasteiger partial charge < -0.3 is 10.2 Å². The highest BCUT2D eigenvalue weighted by Crippen LogP contribution is 2.34. The lowest BCUT2D eigenvalue weighted by Gasteiger charge is -2.44. The Hall–Kier alpha value is -2.75. The fourth-order valence-corrected chi connectivity index (χ4v) is 5.60. The zero-order chi connectivity index (χ0) is 23.6. The maximum absolute atomic E-state index is 12.6. The zero-order valence-corrected chi connectivity index (χ0v) is 19.7. The fourth-order valence-electron chi connectivity index (χ4n) is 4.01. The summed E-state index contributed by atoms with van der Waals surface area (Å²) in [5.74, 6) is -0.509. The molecule has 2 aromatic rings. The van der Waals surface area contributed by atoms with Gasteiger partial charge in [0.25, 0.3) is 5.91 Å². The van der Waals surface area contributed by atoms with Crippen LogP contribution in [0.2, 0.25) is 5.15 Å². The Morgan fingerprint density at radius 2 is 1.97 bits per heavy atom. The topological polar surface area (TPSA) is 99.7 Å². The molecule has 2 heterocycles. The van der Waals surface area contributed by atoms with Crippen LogP contribution >= 0.6 is 11.6 Å². The summed E-state index contributed by atoms with van der Waals surface area (Å²) in [4.78, 5) is 30.3. The van der Waals surface area contributed by atoms with Crippen molar-refractivity contribution in [1.82, 2.24) is 19.5 Å². The van der Waals surface area contributed by atoms with Gasteiger partial charge in [0.05, 0.1) is 18.0 Å². The molecule has 32 heavy (non-hydrogen) atoms. The Morgan fingerprint density at radius 1 is 1.25 bits per heavy atom. The molecule has 1 saturated heterocycles. The van der Waals surface area contributed by atoms with Gasteiger partial charge in [-0.1, -0.05) is 30.3 Å². The van der Waals surface area contributed by atoms with Gasteiger partial charge in [0.15, 0.2) is 0 Å². The Balaban J connectivity index is 2.10. The maximum Gasteiger partial charge on any atom is 0.251 e. The summed E-state index contributed by atoms with van der Waals surface area (Å²) in [5.41, 5.74) is 2.21. The Morgan fingerprint density at radius 3 is 2.59 bits per heavy atom. The largest absolute Gasteiger partial charge is 0.355 e. The van der Waals surface area contributed by atoms with E-state index in [0.717, 1.165) is 6.26 Å². The van der Waals surface area contributed by atoms with Crippen molar-refractivity contribution < 1.29 is 18.0 Å². The third-order valence-electron chi connectivity index (χ3n) is 5.34. The smallest absolute Gasteiger partial charge is 0.251 e. The number of rotatable bonds is 5. The van der Waals surface area contributed by atoms with Gasteiger partial charge in [0.2, 0.25) is 15.9 Å².